The smallest absolute Gasteiger partial charge is 0.327 e. The van der Waals surface area contributed by atoms with E-state index in [9.17, 15) is 9.18 Å². The van der Waals surface area contributed by atoms with Gasteiger partial charge in [-0.25, -0.2) is 19.2 Å². The minimum absolute atomic E-state index is 0.00390. The van der Waals surface area contributed by atoms with E-state index >= 15 is 0 Å². The first-order chi connectivity index (χ1) is 7.13. The van der Waals surface area contributed by atoms with E-state index in [1.54, 1.807) is 0 Å². The zero-order chi connectivity index (χ0) is 11.3. The molecule has 1 rings (SSSR count). The summed E-state index contributed by atoms with van der Waals surface area (Å²) in [5.41, 5.74) is 0. The van der Waals surface area contributed by atoms with Gasteiger partial charge in [0.2, 0.25) is 5.95 Å². The third-order valence-electron chi connectivity index (χ3n) is 1.54. The lowest BCUT2D eigenvalue weighted by Crippen LogP contribution is -2.29. The van der Waals surface area contributed by atoms with E-state index in [1.807, 2.05) is 0 Å². The molecule has 1 atom stereocenters. The molecule has 0 amide bonds. The van der Waals surface area contributed by atoms with Gasteiger partial charge in [0.15, 0.2) is 5.82 Å². The highest BCUT2D eigenvalue weighted by Gasteiger charge is 2.16. The first-order valence-corrected chi connectivity index (χ1v) is 4.04. The number of nitrogens with zero attached hydrogens (tertiary/aromatic N) is 2. The molecule has 2 N–H and O–H groups in total. The number of aromatic nitrogens is 2. The topological polar surface area (TPSA) is 75.1 Å². The maximum absolute atomic E-state index is 12.4. The van der Waals surface area contributed by atoms with E-state index < -0.39 is 17.8 Å². The molecule has 0 aromatic carbocycles. The van der Waals surface area contributed by atoms with Crippen LogP contribution in [-0.4, -0.2) is 27.1 Å². The maximum Gasteiger partial charge on any atom is 0.327 e. The van der Waals surface area contributed by atoms with E-state index in [0.717, 1.165) is 12.4 Å². The number of carbonyl (C=O) groups is 1. The molecule has 78 valence electrons. The molecule has 6 heteroatoms. The van der Waals surface area contributed by atoms with E-state index in [-0.39, 0.29) is 12.4 Å². The first-order valence-electron chi connectivity index (χ1n) is 4.04. The van der Waals surface area contributed by atoms with Crippen molar-refractivity contribution in [2.75, 3.05) is 5.32 Å². The summed E-state index contributed by atoms with van der Waals surface area (Å²) < 4.78 is 12.4. The van der Waals surface area contributed by atoms with E-state index in [4.69, 9.17) is 11.5 Å². The number of hydrogen-bond acceptors (Lipinski definition) is 4. The Morgan fingerprint density at radius 2 is 2.27 bits per heavy atom. The second-order valence-electron chi connectivity index (χ2n) is 2.67. The molecule has 0 bridgehead atoms. The molecule has 1 unspecified atom stereocenters. The predicted molar refractivity (Wildman–Crippen MR) is 50.5 cm³/mol. The zero-order valence-corrected chi connectivity index (χ0v) is 7.64. The van der Waals surface area contributed by atoms with E-state index in [2.05, 4.69) is 21.2 Å². The second kappa shape index (κ2) is 4.91. The summed E-state index contributed by atoms with van der Waals surface area (Å²) in [6, 6.07) is -0.972. The molecular weight excluding hydrogens is 201 g/mol. The van der Waals surface area contributed by atoms with Gasteiger partial charge >= 0.3 is 5.97 Å². The third-order valence-corrected chi connectivity index (χ3v) is 1.54. The molecule has 0 aliphatic rings. The predicted octanol–water partition coefficient (Wildman–Crippen LogP) is 0.504. The molecule has 1 heterocycles. The van der Waals surface area contributed by atoms with Crippen LogP contribution in [0.5, 0.6) is 0 Å². The van der Waals surface area contributed by atoms with Crippen LogP contribution in [0, 0.1) is 18.2 Å². The number of aliphatic carboxylic acids is 1. The summed E-state index contributed by atoms with van der Waals surface area (Å²) >= 11 is 0. The van der Waals surface area contributed by atoms with Gasteiger partial charge in [0.05, 0.1) is 12.4 Å². The van der Waals surface area contributed by atoms with Crippen molar-refractivity contribution in [3.05, 3.63) is 18.2 Å². The first kappa shape index (κ1) is 10.9. The number of anilines is 1. The van der Waals surface area contributed by atoms with E-state index in [0.29, 0.717) is 0 Å². The Labute approximate surface area is 85.4 Å². The summed E-state index contributed by atoms with van der Waals surface area (Å²) in [6.45, 7) is 0. The van der Waals surface area contributed by atoms with Crippen LogP contribution in [0.3, 0.4) is 0 Å². The molecule has 15 heavy (non-hydrogen) atoms. The monoisotopic (exact) mass is 209 g/mol. The molecule has 1 aromatic heterocycles. The van der Waals surface area contributed by atoms with Crippen molar-refractivity contribution in [2.24, 2.45) is 0 Å². The standard InChI is InChI=1S/C9H8FN3O2/c1-2-3-7(8(14)15)13-9-11-4-6(10)5-12-9/h1,4-5,7H,3H2,(H,14,15)(H,11,12,13). The second-order valence-corrected chi connectivity index (χ2v) is 2.67. The SMILES string of the molecule is C#CCC(Nc1ncc(F)cn1)C(=O)O. The Balaban J connectivity index is 2.70. The van der Waals surface area contributed by atoms with Crippen molar-refractivity contribution in [1.29, 1.82) is 0 Å². The van der Waals surface area contributed by atoms with Gasteiger partial charge in [-0.15, -0.1) is 12.3 Å². The Hall–Kier alpha value is -2.16. The molecule has 5 nitrogen and oxygen atoms in total. The highest BCUT2D eigenvalue weighted by atomic mass is 19.1. The fourth-order valence-electron chi connectivity index (χ4n) is 0.861. The van der Waals surface area contributed by atoms with Gasteiger partial charge in [0, 0.05) is 6.42 Å². The van der Waals surface area contributed by atoms with Gasteiger partial charge in [0.1, 0.15) is 6.04 Å². The number of carboxylic acid groups (broad SMARTS) is 1. The number of rotatable bonds is 4. The largest absolute Gasteiger partial charge is 0.480 e. The van der Waals surface area contributed by atoms with Crippen molar-refractivity contribution in [2.45, 2.75) is 12.5 Å². The fourth-order valence-corrected chi connectivity index (χ4v) is 0.861. The Kier molecular flexibility index (Phi) is 3.57. The number of halogens is 1. The minimum atomic E-state index is -1.11. The molecule has 1 aromatic rings. The van der Waals surface area contributed by atoms with Crippen LogP contribution in [0.4, 0.5) is 10.3 Å². The van der Waals surface area contributed by atoms with Crippen molar-refractivity contribution < 1.29 is 14.3 Å². The van der Waals surface area contributed by atoms with Crippen LogP contribution in [0.1, 0.15) is 6.42 Å². The molecule has 0 fully saturated rings. The third kappa shape index (κ3) is 3.23. The van der Waals surface area contributed by atoms with Gasteiger partial charge in [-0.2, -0.15) is 0 Å². The van der Waals surface area contributed by atoms with Crippen molar-refractivity contribution >= 4 is 11.9 Å². The summed E-state index contributed by atoms with van der Waals surface area (Å²) in [4.78, 5) is 17.8. The highest BCUT2D eigenvalue weighted by molar-refractivity contribution is 5.76. The summed E-state index contributed by atoms with van der Waals surface area (Å²) in [6.07, 6.45) is 6.86. The molecule has 0 spiro atoms. The van der Waals surface area contributed by atoms with Crippen LogP contribution >= 0.6 is 0 Å². The fraction of sp³-hybridized carbons (Fsp3) is 0.222. The van der Waals surface area contributed by atoms with Crippen molar-refractivity contribution in [1.82, 2.24) is 9.97 Å². The van der Waals surface area contributed by atoms with Crippen LogP contribution < -0.4 is 5.32 Å². The molecule has 0 radical (unpaired) electrons. The number of nitrogens with one attached hydrogen (secondary N) is 1. The molecule has 0 aliphatic heterocycles. The van der Waals surface area contributed by atoms with Gasteiger partial charge in [-0.3, -0.25) is 0 Å². The highest BCUT2D eigenvalue weighted by Crippen LogP contribution is 2.03. The van der Waals surface area contributed by atoms with E-state index in [1.165, 1.54) is 0 Å². The number of terminal acetylenes is 1. The van der Waals surface area contributed by atoms with Crippen LogP contribution in [0.15, 0.2) is 12.4 Å². The maximum atomic E-state index is 12.4. The Morgan fingerprint density at radius 1 is 1.67 bits per heavy atom. The quantitative estimate of drug-likeness (QED) is 0.706. The van der Waals surface area contributed by atoms with Crippen LogP contribution in [0.25, 0.3) is 0 Å². The summed E-state index contributed by atoms with van der Waals surface area (Å²) in [5, 5.41) is 11.2. The lowest BCUT2D eigenvalue weighted by molar-refractivity contribution is -0.137. The van der Waals surface area contributed by atoms with Gasteiger partial charge in [-0.05, 0) is 0 Å². The Morgan fingerprint density at radius 3 is 2.73 bits per heavy atom. The van der Waals surface area contributed by atoms with Gasteiger partial charge in [0.25, 0.3) is 0 Å². The van der Waals surface area contributed by atoms with Crippen molar-refractivity contribution in [3.63, 3.8) is 0 Å². The molecule has 0 saturated heterocycles. The van der Waals surface area contributed by atoms with Crippen molar-refractivity contribution in [3.8, 4) is 12.3 Å². The minimum Gasteiger partial charge on any atom is -0.480 e. The normalized spacial score (nSPS) is 11.5. The van der Waals surface area contributed by atoms with Crippen LogP contribution in [0.2, 0.25) is 0 Å². The lowest BCUT2D eigenvalue weighted by atomic mass is 10.2. The summed E-state index contributed by atoms with van der Waals surface area (Å²) in [5.74, 6) is 0.531. The zero-order valence-electron chi connectivity index (χ0n) is 7.64. The number of carboxylic acids is 1. The van der Waals surface area contributed by atoms with Gasteiger partial charge in [-0.1, -0.05) is 0 Å². The average Bonchev–Trinajstić information content (AvgIpc) is 2.20. The van der Waals surface area contributed by atoms with Crippen LogP contribution in [-0.2, 0) is 4.79 Å². The number of hydrogen-bond donors (Lipinski definition) is 2. The average molecular weight is 209 g/mol. The Bertz CT molecular complexity index is 385. The lowest BCUT2D eigenvalue weighted by Gasteiger charge is -2.10. The molecule has 0 aliphatic carbocycles. The van der Waals surface area contributed by atoms with Gasteiger partial charge < -0.3 is 10.4 Å². The molecule has 0 saturated carbocycles. The summed E-state index contributed by atoms with van der Waals surface area (Å²) in [7, 11) is 0. The molecular formula is C9H8FN3O2.